The number of hydrogen-bond acceptors (Lipinski definition) is 11. The first-order valence-electron chi connectivity index (χ1n) is 19.2. The Hall–Kier alpha value is -5.24. The molecule has 0 spiro atoms. The number of nitrogens with zero attached hydrogens (tertiary/aromatic N) is 3. The largest absolute Gasteiger partial charge is 0.459 e. The zero-order chi connectivity index (χ0) is 39.7. The molecule has 3 aliphatic rings. The van der Waals surface area contributed by atoms with Gasteiger partial charge in [-0.2, -0.15) is 0 Å². The Balaban J connectivity index is 1.51. The second kappa shape index (κ2) is 18.6. The first-order chi connectivity index (χ1) is 27.2. The lowest BCUT2D eigenvalue weighted by Crippen LogP contribution is -2.69. The number of likely N-dealkylation sites (N-methyl/N-ethyl adjacent to an activating group) is 1. The van der Waals surface area contributed by atoms with Crippen LogP contribution in [0.15, 0.2) is 102 Å². The van der Waals surface area contributed by atoms with E-state index in [1.807, 2.05) is 42.5 Å². The average Bonchev–Trinajstić information content (AvgIpc) is 3.21. The zero-order valence-corrected chi connectivity index (χ0v) is 32.0. The molecular formula is C43H51N3O10. The summed E-state index contributed by atoms with van der Waals surface area (Å²) in [7, 11) is 3.18. The number of fused-ring (bicyclic) bond motifs is 2. The van der Waals surface area contributed by atoms with Crippen molar-refractivity contribution in [1.29, 1.82) is 0 Å². The van der Waals surface area contributed by atoms with Crippen LogP contribution in [0.5, 0.6) is 17.2 Å². The monoisotopic (exact) mass is 769 g/mol. The van der Waals surface area contributed by atoms with Gasteiger partial charge in [-0.05, 0) is 72.9 Å². The van der Waals surface area contributed by atoms with Gasteiger partial charge in [0.15, 0.2) is 0 Å². The summed E-state index contributed by atoms with van der Waals surface area (Å²) >= 11 is 0. The summed E-state index contributed by atoms with van der Waals surface area (Å²) in [6, 6.07) is 20.3. The fourth-order valence-electron chi connectivity index (χ4n) is 8.65. The minimum absolute atomic E-state index is 0.00861. The Morgan fingerprint density at radius 1 is 1.04 bits per heavy atom. The maximum Gasteiger partial charge on any atom is 0.410 e. The van der Waals surface area contributed by atoms with Gasteiger partial charge < -0.3 is 38.9 Å². The number of ether oxygens (including phenoxy) is 4. The molecule has 56 heavy (non-hydrogen) atoms. The molecule has 1 amide bonds. The number of nitro benzene ring substituents is 1. The number of hydrogen-bond donors (Lipinski definition) is 2. The number of oxime groups is 1. The van der Waals surface area contributed by atoms with Crippen LogP contribution in [0, 0.1) is 27.9 Å². The number of rotatable bonds is 18. The number of nitro groups is 1. The predicted molar refractivity (Wildman–Crippen MR) is 210 cm³/mol. The summed E-state index contributed by atoms with van der Waals surface area (Å²) in [6.45, 7) is 4.29. The highest BCUT2D eigenvalue weighted by Crippen LogP contribution is 2.62. The van der Waals surface area contributed by atoms with Gasteiger partial charge in [0.1, 0.15) is 37.0 Å². The Labute approximate surface area is 327 Å². The Morgan fingerprint density at radius 2 is 1.79 bits per heavy atom. The highest BCUT2D eigenvalue weighted by Gasteiger charge is 2.65. The van der Waals surface area contributed by atoms with Crippen molar-refractivity contribution < 1.29 is 43.7 Å². The van der Waals surface area contributed by atoms with E-state index in [0.717, 1.165) is 42.4 Å². The van der Waals surface area contributed by atoms with Crippen molar-refractivity contribution in [2.75, 3.05) is 34.0 Å². The normalized spacial score (nSPS) is 24.2. The molecule has 1 saturated carbocycles. The topological polar surface area (TPSA) is 162 Å². The molecule has 2 N–H and O–H groups in total. The summed E-state index contributed by atoms with van der Waals surface area (Å²) in [5.41, 5.74) is 3.17. The van der Waals surface area contributed by atoms with Gasteiger partial charge in [-0.15, -0.1) is 6.58 Å². The molecule has 1 fully saturated rings. The van der Waals surface area contributed by atoms with E-state index in [2.05, 4.69) is 17.8 Å². The number of aliphatic hydroxyl groups excluding tert-OH is 2. The number of amides is 1. The number of non-ortho nitro benzene ring substituents is 1. The summed E-state index contributed by atoms with van der Waals surface area (Å²) < 4.78 is 26.1. The van der Waals surface area contributed by atoms with Crippen molar-refractivity contribution in [3.05, 3.63) is 118 Å². The number of benzene rings is 3. The van der Waals surface area contributed by atoms with Gasteiger partial charge in [0.25, 0.3) is 5.69 Å². The molecule has 3 aromatic carbocycles. The molecule has 0 aromatic heterocycles. The summed E-state index contributed by atoms with van der Waals surface area (Å²) in [4.78, 5) is 32.0. The van der Waals surface area contributed by atoms with Crippen LogP contribution in [0.2, 0.25) is 0 Å². The van der Waals surface area contributed by atoms with Crippen LogP contribution in [0.3, 0.4) is 0 Å². The molecule has 2 aliphatic carbocycles. The fraction of sp³-hybridized carbons (Fsp3) is 0.442. The van der Waals surface area contributed by atoms with Gasteiger partial charge in [0.2, 0.25) is 5.79 Å². The number of carbonyl (C=O) groups is 1. The second-order valence-corrected chi connectivity index (χ2v) is 14.5. The molecule has 6 rings (SSSR count). The van der Waals surface area contributed by atoms with Crippen LogP contribution in [-0.4, -0.2) is 77.6 Å². The number of aliphatic hydroxyl groups is 2. The minimum Gasteiger partial charge on any atom is -0.459 e. The molecule has 0 bridgehead atoms. The minimum atomic E-state index is -1.43. The van der Waals surface area contributed by atoms with Crippen LogP contribution in [0.1, 0.15) is 62.0 Å². The van der Waals surface area contributed by atoms with Crippen LogP contribution in [0.25, 0.3) is 0 Å². The molecule has 13 nitrogen and oxygen atoms in total. The lowest BCUT2D eigenvalue weighted by molar-refractivity contribution is -0.384. The van der Waals surface area contributed by atoms with E-state index < -0.39 is 28.8 Å². The van der Waals surface area contributed by atoms with Crippen molar-refractivity contribution in [2.24, 2.45) is 22.9 Å². The SMILES string of the molecule is C=CCOC12Oc3ccc(Oc4cccc([N+](=O)[O-])c4)cc3C3C(CCCCO)C(CCCCO)C=C(C(=NOC)CC1N(C)C(=O)OCc1ccccc1)C32. The summed E-state index contributed by atoms with van der Waals surface area (Å²) in [5, 5.41) is 35.7. The van der Waals surface area contributed by atoms with E-state index in [9.17, 15) is 25.1 Å². The molecule has 6 unspecified atom stereocenters. The van der Waals surface area contributed by atoms with Crippen molar-refractivity contribution in [3.63, 3.8) is 0 Å². The van der Waals surface area contributed by atoms with E-state index >= 15 is 0 Å². The maximum atomic E-state index is 14.0. The summed E-state index contributed by atoms with van der Waals surface area (Å²) in [6.07, 6.45) is 7.99. The molecule has 0 saturated heterocycles. The third kappa shape index (κ3) is 8.59. The summed E-state index contributed by atoms with van der Waals surface area (Å²) in [5.74, 6) is -0.822. The number of allylic oxidation sites excluding steroid dienone is 1. The zero-order valence-electron chi connectivity index (χ0n) is 32.0. The quantitative estimate of drug-likeness (QED) is 0.0563. The van der Waals surface area contributed by atoms with Crippen LogP contribution in [0.4, 0.5) is 10.5 Å². The molecule has 13 heteroatoms. The van der Waals surface area contributed by atoms with Crippen molar-refractivity contribution in [3.8, 4) is 17.2 Å². The molecule has 1 heterocycles. The third-order valence-corrected chi connectivity index (χ3v) is 11.1. The van der Waals surface area contributed by atoms with E-state index in [1.165, 1.54) is 24.1 Å². The van der Waals surface area contributed by atoms with Gasteiger partial charge in [-0.25, -0.2) is 4.79 Å². The Kier molecular flexibility index (Phi) is 13.4. The first-order valence-corrected chi connectivity index (χ1v) is 19.2. The average molecular weight is 770 g/mol. The fourth-order valence-corrected chi connectivity index (χ4v) is 8.65. The van der Waals surface area contributed by atoms with Crippen LogP contribution >= 0.6 is 0 Å². The number of unbranched alkanes of at least 4 members (excludes halogenated alkanes) is 2. The Bertz CT molecular complexity index is 1900. The molecule has 1 aliphatic heterocycles. The van der Waals surface area contributed by atoms with Crippen molar-refractivity contribution in [2.45, 2.75) is 69.3 Å². The van der Waals surface area contributed by atoms with E-state index in [4.69, 9.17) is 23.8 Å². The van der Waals surface area contributed by atoms with Gasteiger partial charge in [0, 0.05) is 44.2 Å². The number of carbonyl (C=O) groups excluding carboxylic acids is 1. The smallest absolute Gasteiger partial charge is 0.410 e. The lowest BCUT2D eigenvalue weighted by Gasteiger charge is -2.59. The van der Waals surface area contributed by atoms with Gasteiger partial charge in [0.05, 0.1) is 29.2 Å². The van der Waals surface area contributed by atoms with Crippen LogP contribution < -0.4 is 9.47 Å². The van der Waals surface area contributed by atoms with Crippen LogP contribution in [-0.2, 0) is 20.9 Å². The van der Waals surface area contributed by atoms with Gasteiger partial charge in [-0.1, -0.05) is 66.5 Å². The van der Waals surface area contributed by atoms with E-state index in [-0.39, 0.29) is 56.3 Å². The van der Waals surface area contributed by atoms with E-state index in [0.29, 0.717) is 35.8 Å². The second-order valence-electron chi connectivity index (χ2n) is 14.5. The van der Waals surface area contributed by atoms with Gasteiger partial charge >= 0.3 is 6.09 Å². The lowest BCUT2D eigenvalue weighted by atomic mass is 9.55. The molecule has 298 valence electrons. The third-order valence-electron chi connectivity index (χ3n) is 11.1. The highest BCUT2D eigenvalue weighted by atomic mass is 16.7. The molecule has 6 atom stereocenters. The molecule has 0 radical (unpaired) electrons. The standard InChI is InChI=1S/C43H51N3O10/c1-4-23-54-43-39(45(2)42(49)53-28-29-13-6-5-7-14-29)27-37(44-52-3)35-24-30(15-8-10-21-47)34(18-9-11-22-48)40(41(35)43)36-26-33(19-20-38(36)56-43)55-32-17-12-16-31(25-32)46(50)51/h4-7,12-14,16-17,19-20,24-26,30,34,39-41,47-48H,1,8-11,15,18,21-23,27-28H2,2-3H3. The van der Waals surface area contributed by atoms with Crippen molar-refractivity contribution >= 4 is 17.5 Å². The van der Waals surface area contributed by atoms with Crippen molar-refractivity contribution in [1.82, 2.24) is 4.90 Å². The Morgan fingerprint density at radius 3 is 2.50 bits per heavy atom. The first kappa shape index (κ1) is 40.4. The maximum absolute atomic E-state index is 14.0. The predicted octanol–water partition coefficient (Wildman–Crippen LogP) is 7.92. The molecule has 3 aromatic rings. The van der Waals surface area contributed by atoms with E-state index in [1.54, 1.807) is 31.3 Å². The highest BCUT2D eigenvalue weighted by molar-refractivity contribution is 6.02. The van der Waals surface area contributed by atoms with Gasteiger partial charge in [-0.3, -0.25) is 10.1 Å². The molecular weight excluding hydrogens is 718 g/mol.